The van der Waals surface area contributed by atoms with E-state index >= 15 is 0 Å². The fourth-order valence-electron chi connectivity index (χ4n) is 1.85. The van der Waals surface area contributed by atoms with Gasteiger partial charge in [0.25, 0.3) is 0 Å². The van der Waals surface area contributed by atoms with Gasteiger partial charge in [-0.2, -0.15) is 0 Å². The van der Waals surface area contributed by atoms with Gasteiger partial charge < -0.3 is 20.1 Å². The molecule has 1 heterocycles. The molecule has 0 saturated carbocycles. The van der Waals surface area contributed by atoms with Gasteiger partial charge in [0.2, 0.25) is 0 Å². The van der Waals surface area contributed by atoms with Crippen LogP contribution in [0.4, 0.5) is 4.79 Å². The number of hydrogen-bond donors (Lipinski definition) is 2. The van der Waals surface area contributed by atoms with Crippen LogP contribution >= 0.6 is 0 Å². The summed E-state index contributed by atoms with van der Waals surface area (Å²) < 4.78 is 4.44. The smallest absolute Gasteiger partial charge is 0.317 e. The highest BCUT2D eigenvalue weighted by Crippen LogP contribution is 2.16. The molecule has 0 aromatic carbocycles. The summed E-state index contributed by atoms with van der Waals surface area (Å²) in [5, 5.41) is 11.5. The number of hydrogen-bond acceptors (Lipinski definition) is 4. The van der Waals surface area contributed by atoms with Crippen LogP contribution in [0.5, 0.6) is 0 Å². The second-order valence-electron chi connectivity index (χ2n) is 4.18. The zero-order valence-electron chi connectivity index (χ0n) is 10.3. The molecule has 1 fully saturated rings. The average molecular weight is 258 g/mol. The van der Waals surface area contributed by atoms with Gasteiger partial charge in [-0.15, -0.1) is 0 Å². The minimum Gasteiger partial charge on any atom is -0.481 e. The summed E-state index contributed by atoms with van der Waals surface area (Å²) in [6.45, 7) is 0.965. The Kier molecular flexibility index (Phi) is 5.41. The average Bonchev–Trinajstić information content (AvgIpc) is 2.38. The summed E-state index contributed by atoms with van der Waals surface area (Å²) in [4.78, 5) is 34.9. The lowest BCUT2D eigenvalue weighted by molar-refractivity contribution is -0.143. The predicted octanol–water partition coefficient (Wildman–Crippen LogP) is 0.0557. The van der Waals surface area contributed by atoms with E-state index in [0.29, 0.717) is 19.4 Å². The number of carboxylic acid groups (broad SMARTS) is 1. The molecule has 2 N–H and O–H groups in total. The van der Waals surface area contributed by atoms with E-state index in [9.17, 15) is 14.4 Å². The largest absolute Gasteiger partial charge is 0.481 e. The van der Waals surface area contributed by atoms with Gasteiger partial charge in [-0.3, -0.25) is 9.59 Å². The minimum atomic E-state index is -0.873. The second kappa shape index (κ2) is 6.83. The first-order chi connectivity index (χ1) is 8.54. The number of nitrogens with zero attached hydrogens (tertiary/aromatic N) is 1. The number of rotatable bonds is 4. The molecule has 18 heavy (non-hydrogen) atoms. The van der Waals surface area contributed by atoms with Gasteiger partial charge in [-0.1, -0.05) is 0 Å². The Hall–Kier alpha value is -1.79. The minimum absolute atomic E-state index is 0.110. The van der Waals surface area contributed by atoms with Crippen molar-refractivity contribution < 1.29 is 24.2 Å². The molecule has 7 heteroatoms. The fraction of sp³-hybridized carbons (Fsp3) is 0.727. The summed E-state index contributed by atoms with van der Waals surface area (Å²) in [6, 6.07) is -0.329. The topological polar surface area (TPSA) is 95.9 Å². The number of nitrogens with one attached hydrogen (secondary N) is 1. The summed E-state index contributed by atoms with van der Waals surface area (Å²) in [5.74, 6) is -1.76. The first-order valence-electron chi connectivity index (χ1n) is 5.87. The van der Waals surface area contributed by atoms with Gasteiger partial charge in [-0.05, 0) is 12.8 Å². The van der Waals surface area contributed by atoms with Crippen molar-refractivity contribution in [2.75, 3.05) is 26.7 Å². The van der Waals surface area contributed by atoms with Crippen molar-refractivity contribution in [2.45, 2.75) is 19.3 Å². The Morgan fingerprint density at radius 2 is 2.17 bits per heavy atom. The van der Waals surface area contributed by atoms with Gasteiger partial charge >= 0.3 is 18.0 Å². The molecular formula is C11H18N2O5. The number of likely N-dealkylation sites (tertiary alicyclic amines) is 1. The summed E-state index contributed by atoms with van der Waals surface area (Å²) >= 11 is 0. The van der Waals surface area contributed by atoms with Crippen LogP contribution in [0.1, 0.15) is 19.3 Å². The second-order valence-corrected chi connectivity index (χ2v) is 4.18. The van der Waals surface area contributed by atoms with E-state index in [2.05, 4.69) is 10.1 Å². The summed E-state index contributed by atoms with van der Waals surface area (Å²) in [7, 11) is 1.28. The number of piperidine rings is 1. The SMILES string of the molecule is COC(=O)CCNC(=O)N1CCCC(C(=O)O)C1. The number of amides is 2. The van der Waals surface area contributed by atoms with E-state index in [-0.39, 0.29) is 25.5 Å². The van der Waals surface area contributed by atoms with Crippen molar-refractivity contribution in [3.05, 3.63) is 0 Å². The van der Waals surface area contributed by atoms with Crippen molar-refractivity contribution in [1.82, 2.24) is 10.2 Å². The third-order valence-electron chi connectivity index (χ3n) is 2.89. The first-order valence-corrected chi connectivity index (χ1v) is 5.87. The van der Waals surface area contributed by atoms with Crippen LogP contribution in [0.3, 0.4) is 0 Å². The van der Waals surface area contributed by atoms with Gasteiger partial charge in [0, 0.05) is 19.6 Å². The van der Waals surface area contributed by atoms with Gasteiger partial charge in [0.1, 0.15) is 0 Å². The fourth-order valence-corrected chi connectivity index (χ4v) is 1.85. The van der Waals surface area contributed by atoms with E-state index in [1.807, 2.05) is 0 Å². The van der Waals surface area contributed by atoms with Crippen molar-refractivity contribution in [3.8, 4) is 0 Å². The van der Waals surface area contributed by atoms with Crippen LogP contribution in [0.2, 0.25) is 0 Å². The number of ether oxygens (including phenoxy) is 1. The lowest BCUT2D eigenvalue weighted by Crippen LogP contribution is -2.47. The standard InChI is InChI=1S/C11H18N2O5/c1-18-9(14)4-5-12-11(17)13-6-2-3-8(7-13)10(15)16/h8H,2-7H2,1H3,(H,12,17)(H,15,16). The molecule has 2 amide bonds. The number of urea groups is 1. The van der Waals surface area contributed by atoms with E-state index in [1.165, 1.54) is 12.0 Å². The van der Waals surface area contributed by atoms with Crippen LogP contribution in [0.25, 0.3) is 0 Å². The summed E-state index contributed by atoms with van der Waals surface area (Å²) in [6.07, 6.45) is 1.39. The Morgan fingerprint density at radius 1 is 1.44 bits per heavy atom. The molecule has 0 aliphatic carbocycles. The Balaban J connectivity index is 2.32. The van der Waals surface area contributed by atoms with E-state index in [0.717, 1.165) is 0 Å². The molecule has 1 aliphatic rings. The first kappa shape index (κ1) is 14.3. The molecule has 1 unspecified atom stereocenters. The number of aliphatic carboxylic acids is 1. The van der Waals surface area contributed by atoms with Crippen LogP contribution in [-0.4, -0.2) is 54.7 Å². The zero-order valence-corrected chi connectivity index (χ0v) is 10.3. The van der Waals surface area contributed by atoms with Gasteiger partial charge in [-0.25, -0.2) is 4.79 Å². The molecule has 0 aromatic heterocycles. The maximum atomic E-state index is 11.7. The number of methoxy groups -OCH3 is 1. The normalized spacial score (nSPS) is 19.2. The highest BCUT2D eigenvalue weighted by atomic mass is 16.5. The third-order valence-corrected chi connectivity index (χ3v) is 2.89. The highest BCUT2D eigenvalue weighted by molar-refractivity contribution is 5.77. The number of carbonyl (C=O) groups is 3. The Bertz CT molecular complexity index is 331. The molecular weight excluding hydrogens is 240 g/mol. The molecule has 0 spiro atoms. The maximum Gasteiger partial charge on any atom is 0.317 e. The molecule has 0 bridgehead atoms. The van der Waals surface area contributed by atoms with Crippen molar-refractivity contribution >= 4 is 18.0 Å². The Labute approximate surface area is 105 Å². The van der Waals surface area contributed by atoms with Crippen molar-refractivity contribution in [3.63, 3.8) is 0 Å². The molecule has 7 nitrogen and oxygen atoms in total. The van der Waals surface area contributed by atoms with Gasteiger partial charge in [0.05, 0.1) is 19.4 Å². The van der Waals surface area contributed by atoms with E-state index in [4.69, 9.17) is 5.11 Å². The number of esters is 1. The van der Waals surface area contributed by atoms with Crippen molar-refractivity contribution in [2.24, 2.45) is 5.92 Å². The Morgan fingerprint density at radius 3 is 2.78 bits per heavy atom. The summed E-state index contributed by atoms with van der Waals surface area (Å²) in [5.41, 5.74) is 0. The quantitative estimate of drug-likeness (QED) is 0.695. The lowest BCUT2D eigenvalue weighted by Gasteiger charge is -2.30. The van der Waals surface area contributed by atoms with Crippen LogP contribution < -0.4 is 5.32 Å². The number of carbonyl (C=O) groups excluding carboxylic acids is 2. The van der Waals surface area contributed by atoms with Crippen LogP contribution in [-0.2, 0) is 14.3 Å². The van der Waals surface area contributed by atoms with Crippen LogP contribution in [0, 0.1) is 5.92 Å². The molecule has 1 rings (SSSR count). The van der Waals surface area contributed by atoms with Crippen molar-refractivity contribution in [1.29, 1.82) is 0 Å². The maximum absolute atomic E-state index is 11.7. The van der Waals surface area contributed by atoms with Crippen LogP contribution in [0.15, 0.2) is 0 Å². The predicted molar refractivity (Wildman–Crippen MR) is 62.0 cm³/mol. The van der Waals surface area contributed by atoms with E-state index in [1.54, 1.807) is 0 Å². The lowest BCUT2D eigenvalue weighted by atomic mass is 9.99. The zero-order chi connectivity index (χ0) is 13.5. The highest BCUT2D eigenvalue weighted by Gasteiger charge is 2.27. The molecule has 102 valence electrons. The molecule has 0 radical (unpaired) electrons. The molecule has 0 aromatic rings. The van der Waals surface area contributed by atoms with E-state index < -0.39 is 17.9 Å². The monoisotopic (exact) mass is 258 g/mol. The molecule has 1 atom stereocenters. The number of carboxylic acids is 1. The third kappa shape index (κ3) is 4.23. The van der Waals surface area contributed by atoms with Gasteiger partial charge in [0.15, 0.2) is 0 Å². The molecule has 1 saturated heterocycles. The molecule has 1 aliphatic heterocycles.